The highest BCUT2D eigenvalue weighted by Gasteiger charge is 2.06. The fourth-order valence-corrected chi connectivity index (χ4v) is 3.00. The summed E-state index contributed by atoms with van der Waals surface area (Å²) >= 11 is 6.32. The topological polar surface area (TPSA) is 30.7 Å². The van der Waals surface area contributed by atoms with Gasteiger partial charge in [0.05, 0.1) is 17.5 Å². The molecule has 0 unspecified atom stereocenters. The van der Waals surface area contributed by atoms with Crippen LogP contribution in [-0.4, -0.2) is 14.5 Å². The Bertz CT molecular complexity index is 464. The molecule has 2 aromatic heterocycles. The van der Waals surface area contributed by atoms with Crippen molar-refractivity contribution in [3.63, 3.8) is 0 Å². The lowest BCUT2D eigenvalue weighted by Crippen LogP contribution is -2.02. The first kappa shape index (κ1) is 11.8. The maximum absolute atomic E-state index is 4.27. The molecule has 0 saturated carbocycles. The summed E-state index contributed by atoms with van der Waals surface area (Å²) in [5.41, 5.74) is 3.07. The fourth-order valence-electron chi connectivity index (χ4n) is 1.29. The number of hydrogen-bond acceptors (Lipinski definition) is 3. The molecular weight excluding hydrogens is 436 g/mol. The van der Waals surface area contributed by atoms with Crippen LogP contribution in [0.3, 0.4) is 0 Å². The van der Waals surface area contributed by atoms with Crippen molar-refractivity contribution in [2.45, 2.75) is 19.9 Å². The molecule has 3 nitrogen and oxygen atoms in total. The summed E-state index contributed by atoms with van der Waals surface area (Å²) in [6, 6.07) is 0. The van der Waals surface area contributed by atoms with Crippen molar-refractivity contribution in [1.82, 2.24) is 14.5 Å². The van der Waals surface area contributed by atoms with Crippen LogP contribution in [0.2, 0.25) is 0 Å². The van der Waals surface area contributed by atoms with Gasteiger partial charge in [-0.15, -0.1) is 11.3 Å². The van der Waals surface area contributed by atoms with Crippen LogP contribution in [0.15, 0.2) is 11.8 Å². The van der Waals surface area contributed by atoms with E-state index >= 15 is 0 Å². The van der Waals surface area contributed by atoms with Crippen molar-refractivity contribution in [3.05, 3.63) is 29.8 Å². The SMILES string of the molecule is Cc1ncsc1CCn1cnc(I)c1I. The molecule has 0 atom stereocenters. The van der Waals surface area contributed by atoms with E-state index in [0.717, 1.165) is 22.4 Å². The van der Waals surface area contributed by atoms with E-state index in [9.17, 15) is 0 Å². The Morgan fingerprint density at radius 3 is 2.73 bits per heavy atom. The minimum absolute atomic E-state index is 0.983. The van der Waals surface area contributed by atoms with Crippen molar-refractivity contribution in [2.24, 2.45) is 0 Å². The second-order valence-corrected chi connectivity index (χ2v) is 6.11. The molecule has 0 spiro atoms. The van der Waals surface area contributed by atoms with Gasteiger partial charge < -0.3 is 4.57 Å². The molecule has 0 aromatic carbocycles. The van der Waals surface area contributed by atoms with Crippen LogP contribution < -0.4 is 0 Å². The standard InChI is InChI=1S/C9H9I2N3S/c1-6-7(15-5-13-6)2-3-14-4-12-8(10)9(14)11/h4-5H,2-3H2,1H3. The van der Waals surface area contributed by atoms with Crippen LogP contribution in [0, 0.1) is 14.3 Å². The van der Waals surface area contributed by atoms with Crippen LogP contribution in [0.25, 0.3) is 0 Å². The number of imidazole rings is 1. The predicted molar refractivity (Wildman–Crippen MR) is 78.2 cm³/mol. The van der Waals surface area contributed by atoms with Gasteiger partial charge in [0.15, 0.2) is 0 Å². The molecule has 0 aliphatic carbocycles. The molecule has 0 bridgehead atoms. The van der Waals surface area contributed by atoms with Gasteiger partial charge in [-0.2, -0.15) is 0 Å². The lowest BCUT2D eigenvalue weighted by atomic mass is 10.3. The average molecular weight is 445 g/mol. The zero-order valence-electron chi connectivity index (χ0n) is 8.07. The first-order valence-electron chi connectivity index (χ1n) is 4.43. The Hall–Kier alpha value is 0.300. The molecule has 0 N–H and O–H groups in total. The van der Waals surface area contributed by atoms with E-state index in [1.807, 2.05) is 11.8 Å². The minimum atomic E-state index is 0.983. The molecule has 0 aliphatic rings. The molecule has 0 radical (unpaired) electrons. The summed E-state index contributed by atoms with van der Waals surface area (Å²) in [5, 5.41) is 0. The largest absolute Gasteiger partial charge is 0.325 e. The molecule has 0 aliphatic heterocycles. The molecule has 80 valence electrons. The van der Waals surface area contributed by atoms with Gasteiger partial charge in [0.1, 0.15) is 7.40 Å². The third kappa shape index (κ3) is 2.70. The van der Waals surface area contributed by atoms with Crippen molar-refractivity contribution in [2.75, 3.05) is 0 Å². The number of aromatic nitrogens is 3. The monoisotopic (exact) mass is 445 g/mol. The lowest BCUT2D eigenvalue weighted by Gasteiger charge is -2.02. The van der Waals surface area contributed by atoms with Crippen molar-refractivity contribution in [1.29, 1.82) is 0 Å². The van der Waals surface area contributed by atoms with E-state index in [1.54, 1.807) is 11.3 Å². The van der Waals surface area contributed by atoms with Gasteiger partial charge >= 0.3 is 0 Å². The fraction of sp³-hybridized carbons (Fsp3) is 0.333. The highest BCUT2D eigenvalue weighted by atomic mass is 127. The summed E-state index contributed by atoms with van der Waals surface area (Å²) in [4.78, 5) is 9.89. The normalized spacial score (nSPS) is 10.9. The minimum Gasteiger partial charge on any atom is -0.325 e. The first-order valence-corrected chi connectivity index (χ1v) is 7.47. The molecular formula is C9H9I2N3S. The van der Waals surface area contributed by atoms with E-state index in [-0.39, 0.29) is 0 Å². The number of aryl methyl sites for hydroxylation is 3. The van der Waals surface area contributed by atoms with Crippen LogP contribution in [0.4, 0.5) is 0 Å². The van der Waals surface area contributed by atoms with Crippen LogP contribution >= 0.6 is 56.5 Å². The number of halogens is 2. The van der Waals surface area contributed by atoms with Crippen LogP contribution in [0.5, 0.6) is 0 Å². The Balaban J connectivity index is 2.05. The molecule has 6 heteroatoms. The second kappa shape index (κ2) is 5.09. The highest BCUT2D eigenvalue weighted by molar-refractivity contribution is 14.1. The molecule has 2 rings (SSSR count). The third-order valence-corrected chi connectivity index (χ3v) is 6.10. The van der Waals surface area contributed by atoms with Crippen molar-refractivity contribution in [3.8, 4) is 0 Å². The Morgan fingerprint density at radius 2 is 2.20 bits per heavy atom. The zero-order valence-corrected chi connectivity index (χ0v) is 13.2. The summed E-state index contributed by atoms with van der Waals surface area (Å²) in [5.74, 6) is 0. The van der Waals surface area contributed by atoms with E-state index in [2.05, 4.69) is 66.6 Å². The molecule has 15 heavy (non-hydrogen) atoms. The van der Waals surface area contributed by atoms with Gasteiger partial charge in [0.2, 0.25) is 0 Å². The average Bonchev–Trinajstić information content (AvgIpc) is 2.74. The van der Waals surface area contributed by atoms with Gasteiger partial charge in [0, 0.05) is 17.8 Å². The van der Waals surface area contributed by atoms with E-state index in [1.165, 1.54) is 8.58 Å². The summed E-state index contributed by atoms with van der Waals surface area (Å²) in [7, 11) is 0. The van der Waals surface area contributed by atoms with E-state index < -0.39 is 0 Å². The smallest absolute Gasteiger partial charge is 0.132 e. The van der Waals surface area contributed by atoms with Crippen molar-refractivity contribution < 1.29 is 0 Å². The number of hydrogen-bond donors (Lipinski definition) is 0. The van der Waals surface area contributed by atoms with Gasteiger partial charge in [-0.25, -0.2) is 9.97 Å². The Morgan fingerprint density at radius 1 is 1.40 bits per heavy atom. The predicted octanol–water partition coefficient (Wildman–Crippen LogP) is 3.10. The second-order valence-electron chi connectivity index (χ2n) is 3.13. The molecule has 0 fully saturated rings. The number of nitrogens with zero attached hydrogens (tertiary/aromatic N) is 3. The number of thiazole rings is 1. The van der Waals surface area contributed by atoms with Gasteiger partial charge in [-0.1, -0.05) is 0 Å². The van der Waals surface area contributed by atoms with E-state index in [0.29, 0.717) is 0 Å². The number of rotatable bonds is 3. The maximum Gasteiger partial charge on any atom is 0.132 e. The van der Waals surface area contributed by atoms with E-state index in [4.69, 9.17) is 0 Å². The zero-order chi connectivity index (χ0) is 10.8. The maximum atomic E-state index is 4.27. The summed E-state index contributed by atoms with van der Waals surface area (Å²) in [6.07, 6.45) is 2.94. The summed E-state index contributed by atoms with van der Waals surface area (Å²) in [6.45, 7) is 3.05. The molecule has 2 heterocycles. The molecule has 2 aromatic rings. The van der Waals surface area contributed by atoms with Gasteiger partial charge in [0.25, 0.3) is 0 Å². The summed E-state index contributed by atoms with van der Waals surface area (Å²) < 4.78 is 4.48. The Kier molecular flexibility index (Phi) is 3.99. The van der Waals surface area contributed by atoms with Crippen molar-refractivity contribution >= 4 is 56.5 Å². The molecule has 0 amide bonds. The molecule has 0 saturated heterocycles. The van der Waals surface area contributed by atoms with Gasteiger partial charge in [-0.3, -0.25) is 0 Å². The quantitative estimate of drug-likeness (QED) is 0.681. The van der Waals surface area contributed by atoms with Gasteiger partial charge in [-0.05, 0) is 52.1 Å². The van der Waals surface area contributed by atoms with Crippen LogP contribution in [-0.2, 0) is 13.0 Å². The lowest BCUT2D eigenvalue weighted by molar-refractivity contribution is 0.684. The Labute approximate surface area is 120 Å². The first-order chi connectivity index (χ1) is 7.18. The van der Waals surface area contributed by atoms with Crippen LogP contribution in [0.1, 0.15) is 10.6 Å². The third-order valence-electron chi connectivity index (χ3n) is 2.16. The highest BCUT2D eigenvalue weighted by Crippen LogP contribution is 2.16.